The van der Waals surface area contributed by atoms with Gasteiger partial charge in [0.05, 0.1) is 17.0 Å². The number of aliphatic hydroxyl groups is 1. The molecule has 0 amide bonds. The Hall–Kier alpha value is -2.28. The van der Waals surface area contributed by atoms with Gasteiger partial charge in [0.1, 0.15) is 12.9 Å². The normalized spacial score (nSPS) is 10.4. The van der Waals surface area contributed by atoms with Crippen molar-refractivity contribution in [2.24, 2.45) is 0 Å². The van der Waals surface area contributed by atoms with Gasteiger partial charge in [-0.15, -0.1) is 0 Å². The van der Waals surface area contributed by atoms with E-state index in [0.717, 1.165) is 0 Å². The van der Waals surface area contributed by atoms with E-state index in [1.165, 1.54) is 17.1 Å². The minimum atomic E-state index is -0.440. The van der Waals surface area contributed by atoms with Gasteiger partial charge in [0, 0.05) is 6.07 Å². The summed E-state index contributed by atoms with van der Waals surface area (Å²) >= 11 is 0. The van der Waals surface area contributed by atoms with Crippen molar-refractivity contribution in [2.75, 3.05) is 0 Å². The fourth-order valence-corrected chi connectivity index (χ4v) is 1.53. The minimum absolute atomic E-state index is 0.0342. The topological polar surface area (TPSA) is 94.1 Å². The molecule has 0 aliphatic rings. The smallest absolute Gasteiger partial charge is 0.274 e. The van der Waals surface area contributed by atoms with E-state index < -0.39 is 4.92 Å². The average molecular weight is 234 g/mol. The van der Waals surface area contributed by atoms with Crippen LogP contribution in [0.3, 0.4) is 0 Å². The van der Waals surface area contributed by atoms with Crippen molar-refractivity contribution in [1.82, 2.24) is 14.8 Å². The van der Waals surface area contributed by atoms with Crippen molar-refractivity contribution in [1.29, 1.82) is 0 Å². The predicted octanol–water partition coefficient (Wildman–Crippen LogP) is 0.727. The molecule has 0 bridgehead atoms. The van der Waals surface area contributed by atoms with E-state index >= 15 is 0 Å². The van der Waals surface area contributed by atoms with E-state index in [1.807, 2.05) is 0 Å². The predicted molar refractivity (Wildman–Crippen MR) is 58.1 cm³/mol. The number of nitro groups is 1. The first-order valence-corrected chi connectivity index (χ1v) is 4.92. The van der Waals surface area contributed by atoms with E-state index in [1.54, 1.807) is 18.2 Å². The van der Waals surface area contributed by atoms with Crippen LogP contribution in [0, 0.1) is 10.1 Å². The number of rotatable bonds is 4. The molecule has 7 nitrogen and oxygen atoms in total. The summed E-state index contributed by atoms with van der Waals surface area (Å²) in [6.45, 7) is -0.0340. The Labute approximate surface area is 96.5 Å². The van der Waals surface area contributed by atoms with Gasteiger partial charge in [0.25, 0.3) is 5.69 Å². The largest absolute Gasteiger partial charge is 0.388 e. The van der Waals surface area contributed by atoms with Crippen LogP contribution in [0.15, 0.2) is 30.6 Å². The summed E-state index contributed by atoms with van der Waals surface area (Å²) in [4.78, 5) is 14.2. The molecule has 0 spiro atoms. The molecule has 0 saturated carbocycles. The van der Waals surface area contributed by atoms with Gasteiger partial charge >= 0.3 is 0 Å². The van der Waals surface area contributed by atoms with E-state index in [2.05, 4.69) is 10.1 Å². The SMILES string of the molecule is O=[N+]([O-])c1ccccc1Cn1ncnc1CO. The molecule has 1 N–H and O–H groups in total. The molecule has 88 valence electrons. The summed E-state index contributed by atoms with van der Waals surface area (Å²) in [5, 5.41) is 23.7. The first-order valence-electron chi connectivity index (χ1n) is 4.92. The monoisotopic (exact) mass is 234 g/mol. The van der Waals surface area contributed by atoms with Gasteiger partial charge in [-0.25, -0.2) is 9.67 Å². The summed E-state index contributed by atoms with van der Waals surface area (Å²) < 4.78 is 1.43. The molecule has 0 unspecified atom stereocenters. The molecule has 0 fully saturated rings. The Morgan fingerprint density at radius 1 is 1.41 bits per heavy atom. The van der Waals surface area contributed by atoms with Crippen molar-refractivity contribution >= 4 is 5.69 Å². The maximum atomic E-state index is 10.8. The van der Waals surface area contributed by atoms with Crippen molar-refractivity contribution in [3.63, 3.8) is 0 Å². The lowest BCUT2D eigenvalue weighted by molar-refractivity contribution is -0.385. The number of hydrogen-bond acceptors (Lipinski definition) is 5. The molecule has 1 aromatic carbocycles. The van der Waals surface area contributed by atoms with Crippen molar-refractivity contribution in [3.8, 4) is 0 Å². The van der Waals surface area contributed by atoms with Crippen LogP contribution in [0.4, 0.5) is 5.69 Å². The van der Waals surface area contributed by atoms with Crippen LogP contribution in [-0.2, 0) is 13.2 Å². The van der Waals surface area contributed by atoms with Crippen LogP contribution < -0.4 is 0 Å². The number of hydrogen-bond donors (Lipinski definition) is 1. The average Bonchev–Trinajstić information content (AvgIpc) is 2.77. The Balaban J connectivity index is 2.33. The molecule has 17 heavy (non-hydrogen) atoms. The molecule has 0 atom stereocenters. The molecule has 1 heterocycles. The third-order valence-corrected chi connectivity index (χ3v) is 2.35. The highest BCUT2D eigenvalue weighted by molar-refractivity contribution is 5.39. The molecule has 0 radical (unpaired) electrons. The molecular formula is C10H10N4O3. The summed E-state index contributed by atoms with van der Waals surface area (Å²) in [5.74, 6) is 0.378. The lowest BCUT2D eigenvalue weighted by Gasteiger charge is -2.04. The molecule has 1 aromatic heterocycles. The zero-order valence-corrected chi connectivity index (χ0v) is 8.85. The highest BCUT2D eigenvalue weighted by atomic mass is 16.6. The van der Waals surface area contributed by atoms with Crippen LogP contribution in [0.1, 0.15) is 11.4 Å². The summed E-state index contributed by atoms with van der Waals surface area (Å²) in [7, 11) is 0. The molecule has 0 aliphatic heterocycles. The highest BCUT2D eigenvalue weighted by Crippen LogP contribution is 2.18. The number of nitrogens with zero attached hydrogens (tertiary/aromatic N) is 4. The molecule has 2 aromatic rings. The maximum absolute atomic E-state index is 10.8. The number of para-hydroxylation sites is 1. The quantitative estimate of drug-likeness (QED) is 0.621. The van der Waals surface area contributed by atoms with Crippen LogP contribution in [-0.4, -0.2) is 24.8 Å². The van der Waals surface area contributed by atoms with Gasteiger partial charge < -0.3 is 5.11 Å². The third kappa shape index (κ3) is 2.28. The zero-order valence-electron chi connectivity index (χ0n) is 8.85. The van der Waals surface area contributed by atoms with Crippen LogP contribution >= 0.6 is 0 Å². The lowest BCUT2D eigenvalue weighted by Crippen LogP contribution is -2.08. The first kappa shape index (κ1) is 11.2. The Kier molecular flexibility index (Phi) is 3.10. The molecule has 0 aliphatic carbocycles. The number of aromatic nitrogens is 3. The number of nitro benzene ring substituents is 1. The molecular weight excluding hydrogens is 224 g/mol. The minimum Gasteiger partial charge on any atom is -0.388 e. The second-order valence-corrected chi connectivity index (χ2v) is 3.38. The van der Waals surface area contributed by atoms with E-state index in [4.69, 9.17) is 5.11 Å². The highest BCUT2D eigenvalue weighted by Gasteiger charge is 2.14. The molecule has 7 heteroatoms. The van der Waals surface area contributed by atoms with Gasteiger partial charge in [0.15, 0.2) is 5.82 Å². The Morgan fingerprint density at radius 3 is 2.88 bits per heavy atom. The van der Waals surface area contributed by atoms with E-state index in [-0.39, 0.29) is 18.8 Å². The van der Waals surface area contributed by atoms with Gasteiger partial charge in [-0.1, -0.05) is 18.2 Å². The molecule has 0 saturated heterocycles. The zero-order chi connectivity index (χ0) is 12.3. The van der Waals surface area contributed by atoms with Crippen molar-refractivity contribution in [2.45, 2.75) is 13.2 Å². The van der Waals surface area contributed by atoms with Gasteiger partial charge in [-0.05, 0) is 0 Å². The fraction of sp³-hybridized carbons (Fsp3) is 0.200. The second kappa shape index (κ2) is 4.71. The lowest BCUT2D eigenvalue weighted by atomic mass is 10.2. The van der Waals surface area contributed by atoms with Crippen molar-refractivity contribution < 1.29 is 10.0 Å². The Bertz CT molecular complexity index is 538. The number of benzene rings is 1. The fourth-order valence-electron chi connectivity index (χ4n) is 1.53. The summed E-state index contributed by atoms with van der Waals surface area (Å²) in [6.07, 6.45) is 1.31. The molecule has 2 rings (SSSR count). The first-order chi connectivity index (χ1) is 8.22. The van der Waals surface area contributed by atoms with Gasteiger partial charge in [0.2, 0.25) is 0 Å². The van der Waals surface area contributed by atoms with Gasteiger partial charge in [-0.3, -0.25) is 10.1 Å². The second-order valence-electron chi connectivity index (χ2n) is 3.38. The summed E-state index contributed by atoms with van der Waals surface area (Å²) in [5.41, 5.74) is 0.560. The van der Waals surface area contributed by atoms with Gasteiger partial charge in [-0.2, -0.15) is 5.10 Å². The van der Waals surface area contributed by atoms with Crippen molar-refractivity contribution in [3.05, 3.63) is 52.1 Å². The van der Waals surface area contributed by atoms with Crippen LogP contribution in [0.5, 0.6) is 0 Å². The Morgan fingerprint density at radius 2 is 2.18 bits per heavy atom. The summed E-state index contributed by atoms with van der Waals surface area (Å²) in [6, 6.07) is 6.42. The van der Waals surface area contributed by atoms with E-state index in [0.29, 0.717) is 11.4 Å². The maximum Gasteiger partial charge on any atom is 0.274 e. The van der Waals surface area contributed by atoms with E-state index in [9.17, 15) is 10.1 Å². The third-order valence-electron chi connectivity index (χ3n) is 2.35. The number of aliphatic hydroxyl groups excluding tert-OH is 1. The van der Waals surface area contributed by atoms with Crippen LogP contribution in [0.25, 0.3) is 0 Å². The van der Waals surface area contributed by atoms with Crippen LogP contribution in [0.2, 0.25) is 0 Å². The standard InChI is InChI=1S/C10H10N4O3/c15-6-10-11-7-12-13(10)5-8-3-1-2-4-9(8)14(16)17/h1-4,7,15H,5-6H2.